The molecule has 4 aromatic heterocycles. The molecule has 12 heteroatoms. The molecule has 0 saturated heterocycles. The molecule has 1 atom stereocenters. The molecule has 1 unspecified atom stereocenters. The van der Waals surface area contributed by atoms with Gasteiger partial charge < -0.3 is 10.1 Å². The molecule has 9 nitrogen and oxygen atoms in total. The Labute approximate surface area is 191 Å². The number of urea groups is 1. The highest BCUT2D eigenvalue weighted by Crippen LogP contribution is 2.29. The van der Waals surface area contributed by atoms with E-state index in [9.17, 15) is 18.0 Å². The average Bonchev–Trinajstić information content (AvgIpc) is 3.21. The number of H-pyrrole nitrogens is 1. The maximum Gasteiger partial charge on any atom is 0.417 e. The first-order chi connectivity index (χ1) is 16.2. The second-order valence-corrected chi connectivity index (χ2v) is 7.45. The van der Waals surface area contributed by atoms with Gasteiger partial charge in [0.25, 0.3) is 0 Å². The number of anilines is 1. The van der Waals surface area contributed by atoms with E-state index in [0.717, 1.165) is 22.7 Å². The number of aromatic nitrogens is 5. The average molecular weight is 471 g/mol. The van der Waals surface area contributed by atoms with Crippen molar-refractivity contribution in [3.05, 3.63) is 65.9 Å². The Morgan fingerprint density at radius 3 is 2.65 bits per heavy atom. The summed E-state index contributed by atoms with van der Waals surface area (Å²) in [7, 11) is 1.41. The molecular formula is C22H20F3N7O2. The van der Waals surface area contributed by atoms with Gasteiger partial charge in [-0.1, -0.05) is 0 Å². The predicted molar refractivity (Wildman–Crippen MR) is 118 cm³/mol. The van der Waals surface area contributed by atoms with Crippen molar-refractivity contribution in [2.24, 2.45) is 0 Å². The number of methoxy groups -OCH3 is 1. The lowest BCUT2D eigenvalue weighted by molar-refractivity contribution is -0.137. The lowest BCUT2D eigenvalue weighted by atomic mass is 10.1. The zero-order valence-electron chi connectivity index (χ0n) is 18.1. The van der Waals surface area contributed by atoms with Crippen molar-refractivity contribution in [2.45, 2.75) is 19.1 Å². The van der Waals surface area contributed by atoms with Crippen molar-refractivity contribution in [1.29, 1.82) is 0 Å². The molecule has 0 fully saturated rings. The minimum Gasteiger partial charge on any atom is -0.382 e. The molecular weight excluding hydrogens is 451 g/mol. The highest BCUT2D eigenvalue weighted by atomic mass is 19.4. The van der Waals surface area contributed by atoms with E-state index in [0.29, 0.717) is 17.4 Å². The number of aromatic amines is 1. The van der Waals surface area contributed by atoms with Crippen LogP contribution in [0.2, 0.25) is 0 Å². The summed E-state index contributed by atoms with van der Waals surface area (Å²) in [5.41, 5.74) is 2.44. The van der Waals surface area contributed by atoms with E-state index < -0.39 is 23.8 Å². The van der Waals surface area contributed by atoms with Crippen LogP contribution in [0.5, 0.6) is 0 Å². The van der Waals surface area contributed by atoms with Crippen LogP contribution in [0.4, 0.5) is 23.8 Å². The van der Waals surface area contributed by atoms with Gasteiger partial charge in [-0.25, -0.2) is 9.78 Å². The number of carbonyl (C=O) groups excluding carboxylic acids is 1. The number of aryl methyl sites for hydroxylation is 1. The fourth-order valence-corrected chi connectivity index (χ4v) is 3.35. The van der Waals surface area contributed by atoms with Gasteiger partial charge in [0.05, 0.1) is 29.4 Å². The van der Waals surface area contributed by atoms with Crippen LogP contribution in [0.25, 0.3) is 22.2 Å². The number of halogens is 3. The van der Waals surface area contributed by atoms with Gasteiger partial charge in [-0.15, -0.1) is 0 Å². The minimum atomic E-state index is -4.50. The fraction of sp³-hybridized carbons (Fsp3) is 0.227. The van der Waals surface area contributed by atoms with Crippen molar-refractivity contribution in [3.63, 3.8) is 0 Å². The van der Waals surface area contributed by atoms with Gasteiger partial charge >= 0.3 is 12.2 Å². The lowest BCUT2D eigenvalue weighted by Gasteiger charge is -2.18. The van der Waals surface area contributed by atoms with Gasteiger partial charge in [-0.2, -0.15) is 18.3 Å². The largest absolute Gasteiger partial charge is 0.417 e. The number of alkyl halides is 3. The number of carbonyl (C=O) groups is 1. The van der Waals surface area contributed by atoms with Crippen molar-refractivity contribution in [3.8, 4) is 11.3 Å². The van der Waals surface area contributed by atoms with E-state index >= 15 is 0 Å². The van der Waals surface area contributed by atoms with Crippen LogP contribution in [0, 0.1) is 6.92 Å². The monoisotopic (exact) mass is 471 g/mol. The molecule has 0 saturated carbocycles. The van der Waals surface area contributed by atoms with E-state index in [1.807, 2.05) is 19.1 Å². The van der Waals surface area contributed by atoms with Gasteiger partial charge in [0.2, 0.25) is 0 Å². The summed E-state index contributed by atoms with van der Waals surface area (Å²) in [6.07, 6.45) is -0.502. The molecule has 4 aromatic rings. The second-order valence-electron chi connectivity index (χ2n) is 7.45. The molecule has 3 N–H and O–H groups in total. The molecule has 0 spiro atoms. The summed E-state index contributed by atoms with van der Waals surface area (Å²) in [6, 6.07) is 6.07. The number of nitrogens with zero attached hydrogens (tertiary/aromatic N) is 4. The summed E-state index contributed by atoms with van der Waals surface area (Å²) in [4.78, 5) is 24.8. The quantitative estimate of drug-likeness (QED) is 0.387. The summed E-state index contributed by atoms with van der Waals surface area (Å²) in [5, 5.41) is 13.3. The van der Waals surface area contributed by atoms with Gasteiger partial charge in [-0.05, 0) is 31.2 Å². The lowest BCUT2D eigenvalue weighted by Crippen LogP contribution is -2.35. The molecule has 34 heavy (non-hydrogen) atoms. The summed E-state index contributed by atoms with van der Waals surface area (Å²) < 4.78 is 43.4. The van der Waals surface area contributed by atoms with Crippen LogP contribution in [-0.4, -0.2) is 44.9 Å². The van der Waals surface area contributed by atoms with Crippen LogP contribution < -0.4 is 10.6 Å². The number of hydrogen-bond acceptors (Lipinski definition) is 6. The minimum absolute atomic E-state index is 0.00745. The molecule has 0 radical (unpaired) electrons. The smallest absolute Gasteiger partial charge is 0.382 e. The molecule has 0 aliphatic rings. The number of ether oxygens (including phenoxy) is 1. The molecule has 0 aromatic carbocycles. The molecule has 0 aliphatic carbocycles. The topological polar surface area (TPSA) is 118 Å². The van der Waals surface area contributed by atoms with Crippen LogP contribution in [0.3, 0.4) is 0 Å². The van der Waals surface area contributed by atoms with E-state index in [1.54, 1.807) is 18.5 Å². The normalized spacial score (nSPS) is 12.5. The van der Waals surface area contributed by atoms with Crippen molar-refractivity contribution in [2.75, 3.05) is 19.0 Å². The molecule has 0 aliphatic heterocycles. The van der Waals surface area contributed by atoms with Crippen LogP contribution >= 0.6 is 0 Å². The molecule has 176 valence electrons. The number of rotatable bonds is 6. The van der Waals surface area contributed by atoms with E-state index in [-0.39, 0.29) is 18.1 Å². The van der Waals surface area contributed by atoms with Gasteiger partial charge in [-0.3, -0.25) is 20.4 Å². The van der Waals surface area contributed by atoms with Gasteiger partial charge in [0.1, 0.15) is 11.5 Å². The molecule has 0 bridgehead atoms. The highest BCUT2D eigenvalue weighted by molar-refractivity contribution is 5.95. The van der Waals surface area contributed by atoms with Gasteiger partial charge in [0, 0.05) is 48.4 Å². The van der Waals surface area contributed by atoms with E-state index in [4.69, 9.17) is 4.74 Å². The van der Waals surface area contributed by atoms with Crippen molar-refractivity contribution >= 4 is 22.8 Å². The SMILES string of the molecule is COCC(NC(=O)Nc1cc2[nH]nc(-c3ccnc(C)c3)c2cn1)c1ccc(C(F)(F)F)cn1. The third-order valence-corrected chi connectivity index (χ3v) is 4.97. The maximum atomic E-state index is 12.8. The number of hydrogen-bond donors (Lipinski definition) is 3. The number of nitrogens with one attached hydrogen (secondary N) is 3. The number of amides is 2. The Balaban J connectivity index is 1.48. The third-order valence-electron chi connectivity index (χ3n) is 4.97. The summed E-state index contributed by atoms with van der Waals surface area (Å²) in [5.74, 6) is 0.252. The van der Waals surface area contributed by atoms with Crippen molar-refractivity contribution < 1.29 is 22.7 Å². The first kappa shape index (κ1) is 23.1. The Bertz CT molecular complexity index is 1310. The van der Waals surface area contributed by atoms with Crippen molar-refractivity contribution in [1.82, 2.24) is 30.5 Å². The fourth-order valence-electron chi connectivity index (χ4n) is 3.35. The summed E-state index contributed by atoms with van der Waals surface area (Å²) >= 11 is 0. The van der Waals surface area contributed by atoms with Crippen LogP contribution in [-0.2, 0) is 10.9 Å². The zero-order valence-corrected chi connectivity index (χ0v) is 18.1. The zero-order chi connectivity index (χ0) is 24.3. The first-order valence-corrected chi connectivity index (χ1v) is 10.1. The Kier molecular flexibility index (Phi) is 6.41. The maximum absolute atomic E-state index is 12.8. The Morgan fingerprint density at radius 1 is 1.15 bits per heavy atom. The number of fused-ring (bicyclic) bond motifs is 1. The van der Waals surface area contributed by atoms with Gasteiger partial charge in [0.15, 0.2) is 0 Å². The predicted octanol–water partition coefficient (Wildman–Crippen LogP) is 4.25. The van der Waals surface area contributed by atoms with E-state index in [1.165, 1.54) is 13.2 Å². The van der Waals surface area contributed by atoms with Crippen LogP contribution in [0.15, 0.2) is 48.9 Å². The number of pyridine rings is 3. The molecule has 2 amide bonds. The Morgan fingerprint density at radius 2 is 1.97 bits per heavy atom. The summed E-state index contributed by atoms with van der Waals surface area (Å²) in [6.45, 7) is 1.89. The highest BCUT2D eigenvalue weighted by Gasteiger charge is 2.31. The molecule has 4 heterocycles. The Hall–Kier alpha value is -4.06. The second kappa shape index (κ2) is 9.43. The first-order valence-electron chi connectivity index (χ1n) is 10.1. The standard InChI is InChI=1S/C22H20F3N7O2/c1-12-7-13(5-6-26-12)20-15-10-28-19(8-17(15)31-32-20)30-21(33)29-18(11-34-2)16-4-3-14(9-27-16)22(23,24)25/h3-10,18H,11H2,1-2H3,(H,31,32)(H2,28,29,30,33). The third kappa shape index (κ3) is 5.12. The molecule has 4 rings (SSSR count). The van der Waals surface area contributed by atoms with Crippen LogP contribution in [0.1, 0.15) is 23.0 Å². The van der Waals surface area contributed by atoms with E-state index in [2.05, 4.69) is 35.8 Å².